The number of halogens is 2. The van der Waals surface area contributed by atoms with Crippen molar-refractivity contribution in [2.75, 3.05) is 11.9 Å². The predicted molar refractivity (Wildman–Crippen MR) is 72.4 cm³/mol. The maximum absolute atomic E-state index is 13.1. The highest BCUT2D eigenvalue weighted by Gasteiger charge is 2.21. The molecule has 18 heavy (non-hydrogen) atoms. The van der Waals surface area contributed by atoms with Crippen LogP contribution >= 0.6 is 15.9 Å². The molecule has 1 aliphatic rings. The van der Waals surface area contributed by atoms with E-state index >= 15 is 0 Å². The Morgan fingerprint density at radius 2 is 2.11 bits per heavy atom. The molecule has 0 bridgehead atoms. The summed E-state index contributed by atoms with van der Waals surface area (Å²) in [4.78, 5) is 0. The molecule has 1 aliphatic heterocycles. The Balaban J connectivity index is 1.89. The van der Waals surface area contributed by atoms with Crippen molar-refractivity contribution in [1.29, 1.82) is 0 Å². The zero-order valence-electron chi connectivity index (χ0n) is 9.49. The molecule has 2 aromatic rings. The summed E-state index contributed by atoms with van der Waals surface area (Å²) in [6.07, 6.45) is -0.0551. The van der Waals surface area contributed by atoms with Crippen LogP contribution in [0.2, 0.25) is 0 Å². The number of benzene rings is 2. The lowest BCUT2D eigenvalue weighted by atomic mass is 10.1. The van der Waals surface area contributed by atoms with Gasteiger partial charge in [0.1, 0.15) is 17.7 Å². The van der Waals surface area contributed by atoms with Gasteiger partial charge in [-0.3, -0.25) is 0 Å². The SMILES string of the molecule is Fc1ccc2c(c1)NCC(c1cccc(Br)c1)O2. The largest absolute Gasteiger partial charge is 0.482 e. The Morgan fingerprint density at radius 3 is 2.94 bits per heavy atom. The van der Waals surface area contributed by atoms with E-state index in [0.717, 1.165) is 10.0 Å². The van der Waals surface area contributed by atoms with Crippen LogP contribution in [0.5, 0.6) is 5.75 Å². The summed E-state index contributed by atoms with van der Waals surface area (Å²) in [6, 6.07) is 12.5. The Labute approximate surface area is 113 Å². The Bertz CT molecular complexity index is 588. The van der Waals surface area contributed by atoms with Crippen LogP contribution in [0.4, 0.5) is 10.1 Å². The first-order chi connectivity index (χ1) is 8.72. The first-order valence-corrected chi connectivity index (χ1v) is 6.47. The zero-order chi connectivity index (χ0) is 12.5. The van der Waals surface area contributed by atoms with Gasteiger partial charge in [0.05, 0.1) is 12.2 Å². The fourth-order valence-electron chi connectivity index (χ4n) is 2.03. The van der Waals surface area contributed by atoms with Crippen molar-refractivity contribution in [3.8, 4) is 5.75 Å². The summed E-state index contributed by atoms with van der Waals surface area (Å²) in [7, 11) is 0. The summed E-state index contributed by atoms with van der Waals surface area (Å²) in [5.74, 6) is 0.429. The van der Waals surface area contributed by atoms with Gasteiger partial charge >= 0.3 is 0 Å². The molecule has 0 aromatic heterocycles. The number of rotatable bonds is 1. The highest BCUT2D eigenvalue weighted by atomic mass is 79.9. The van der Waals surface area contributed by atoms with Gasteiger partial charge in [-0.1, -0.05) is 28.1 Å². The molecule has 1 N–H and O–H groups in total. The molecule has 0 aliphatic carbocycles. The molecule has 2 aromatic carbocycles. The Kier molecular flexibility index (Phi) is 2.96. The molecular weight excluding hydrogens is 297 g/mol. The van der Waals surface area contributed by atoms with Crippen LogP contribution < -0.4 is 10.1 Å². The van der Waals surface area contributed by atoms with Crippen molar-refractivity contribution in [1.82, 2.24) is 0 Å². The average Bonchev–Trinajstić information content (AvgIpc) is 2.38. The Morgan fingerprint density at radius 1 is 1.22 bits per heavy atom. The quantitative estimate of drug-likeness (QED) is 0.855. The van der Waals surface area contributed by atoms with Gasteiger partial charge in [-0.05, 0) is 29.8 Å². The normalized spacial score (nSPS) is 17.6. The monoisotopic (exact) mass is 307 g/mol. The van der Waals surface area contributed by atoms with Crippen LogP contribution in [0, 0.1) is 5.82 Å². The van der Waals surface area contributed by atoms with Crippen molar-refractivity contribution in [2.45, 2.75) is 6.10 Å². The fourth-order valence-corrected chi connectivity index (χ4v) is 2.45. The van der Waals surface area contributed by atoms with Crippen LogP contribution in [0.1, 0.15) is 11.7 Å². The second-order valence-corrected chi connectivity index (χ2v) is 5.10. The van der Waals surface area contributed by atoms with Gasteiger partial charge in [-0.25, -0.2) is 4.39 Å². The van der Waals surface area contributed by atoms with Crippen molar-refractivity contribution in [3.63, 3.8) is 0 Å². The fraction of sp³-hybridized carbons (Fsp3) is 0.143. The van der Waals surface area contributed by atoms with Gasteiger partial charge < -0.3 is 10.1 Å². The topological polar surface area (TPSA) is 21.3 Å². The van der Waals surface area contributed by atoms with Gasteiger partial charge in [0.2, 0.25) is 0 Å². The van der Waals surface area contributed by atoms with Crippen molar-refractivity contribution in [3.05, 3.63) is 58.3 Å². The van der Waals surface area contributed by atoms with Crippen LogP contribution in [-0.2, 0) is 0 Å². The molecule has 0 fully saturated rings. The van der Waals surface area contributed by atoms with Crippen molar-refractivity contribution >= 4 is 21.6 Å². The highest BCUT2D eigenvalue weighted by molar-refractivity contribution is 9.10. The van der Waals surface area contributed by atoms with Gasteiger partial charge in [-0.15, -0.1) is 0 Å². The summed E-state index contributed by atoms with van der Waals surface area (Å²) >= 11 is 3.44. The third-order valence-electron chi connectivity index (χ3n) is 2.91. The maximum atomic E-state index is 13.1. The molecule has 3 rings (SSSR count). The molecule has 0 saturated carbocycles. The number of nitrogens with one attached hydrogen (secondary N) is 1. The van der Waals surface area contributed by atoms with Crippen LogP contribution in [-0.4, -0.2) is 6.54 Å². The van der Waals surface area contributed by atoms with E-state index in [9.17, 15) is 4.39 Å². The minimum atomic E-state index is -0.259. The van der Waals surface area contributed by atoms with E-state index in [1.165, 1.54) is 12.1 Å². The molecule has 0 amide bonds. The summed E-state index contributed by atoms with van der Waals surface area (Å²) in [6.45, 7) is 0.632. The van der Waals surface area contributed by atoms with E-state index in [-0.39, 0.29) is 11.9 Å². The molecular formula is C14H11BrFNO. The first-order valence-electron chi connectivity index (χ1n) is 5.68. The molecule has 0 saturated heterocycles. The second-order valence-electron chi connectivity index (χ2n) is 4.18. The number of fused-ring (bicyclic) bond motifs is 1. The molecule has 0 spiro atoms. The van der Waals surface area contributed by atoms with Gasteiger partial charge in [-0.2, -0.15) is 0 Å². The van der Waals surface area contributed by atoms with Crippen LogP contribution in [0.25, 0.3) is 0 Å². The highest BCUT2D eigenvalue weighted by Crippen LogP contribution is 2.34. The Hall–Kier alpha value is -1.55. The zero-order valence-corrected chi connectivity index (χ0v) is 11.1. The molecule has 1 heterocycles. The predicted octanol–water partition coefficient (Wildman–Crippen LogP) is 4.13. The lowest BCUT2D eigenvalue weighted by molar-refractivity contribution is 0.210. The number of hydrogen-bond acceptors (Lipinski definition) is 2. The summed E-state index contributed by atoms with van der Waals surface area (Å²) in [5.41, 5.74) is 1.80. The number of ether oxygens (including phenoxy) is 1. The third kappa shape index (κ3) is 2.20. The van der Waals surface area contributed by atoms with Gasteiger partial charge in [0, 0.05) is 10.5 Å². The van der Waals surface area contributed by atoms with E-state index in [1.807, 2.05) is 24.3 Å². The molecule has 2 nitrogen and oxygen atoms in total. The van der Waals surface area contributed by atoms with Gasteiger partial charge in [0.25, 0.3) is 0 Å². The smallest absolute Gasteiger partial charge is 0.143 e. The minimum absolute atomic E-state index is 0.0551. The summed E-state index contributed by atoms with van der Waals surface area (Å²) < 4.78 is 20.0. The second kappa shape index (κ2) is 4.61. The molecule has 1 atom stereocenters. The lowest BCUT2D eigenvalue weighted by Gasteiger charge is -2.27. The molecule has 92 valence electrons. The number of hydrogen-bond donors (Lipinski definition) is 1. The molecule has 4 heteroatoms. The average molecular weight is 308 g/mol. The van der Waals surface area contributed by atoms with E-state index < -0.39 is 0 Å². The standard InChI is InChI=1S/C14H11BrFNO/c15-10-3-1-2-9(6-10)14-8-17-12-7-11(16)4-5-13(12)18-14/h1-7,14,17H,8H2. The van der Waals surface area contributed by atoms with Crippen molar-refractivity contribution in [2.24, 2.45) is 0 Å². The maximum Gasteiger partial charge on any atom is 0.143 e. The lowest BCUT2D eigenvalue weighted by Crippen LogP contribution is -2.23. The first kappa shape index (κ1) is 11.5. The van der Waals surface area contributed by atoms with Crippen molar-refractivity contribution < 1.29 is 9.13 Å². The van der Waals surface area contributed by atoms with E-state index in [1.54, 1.807) is 6.07 Å². The van der Waals surface area contributed by atoms with Gasteiger partial charge in [0.15, 0.2) is 0 Å². The van der Waals surface area contributed by atoms with E-state index in [4.69, 9.17) is 4.74 Å². The van der Waals surface area contributed by atoms with Crippen LogP contribution in [0.3, 0.4) is 0 Å². The van der Waals surface area contributed by atoms with E-state index in [0.29, 0.717) is 18.0 Å². The van der Waals surface area contributed by atoms with E-state index in [2.05, 4.69) is 21.2 Å². The minimum Gasteiger partial charge on any atom is -0.482 e. The third-order valence-corrected chi connectivity index (χ3v) is 3.40. The number of anilines is 1. The molecule has 0 radical (unpaired) electrons. The molecule has 1 unspecified atom stereocenters. The summed E-state index contributed by atoms with van der Waals surface area (Å²) in [5, 5.41) is 3.19. The van der Waals surface area contributed by atoms with Crippen LogP contribution in [0.15, 0.2) is 46.9 Å².